The third-order valence-electron chi connectivity index (χ3n) is 3.64. The fourth-order valence-electron chi connectivity index (χ4n) is 2.06. The van der Waals surface area contributed by atoms with Crippen molar-refractivity contribution in [2.45, 2.75) is 45.7 Å². The van der Waals surface area contributed by atoms with Crippen LogP contribution in [0.4, 0.5) is 4.39 Å². The largest absolute Gasteiger partial charge is 0.310 e. The van der Waals surface area contributed by atoms with Gasteiger partial charge in [-0.25, -0.2) is 4.39 Å². The van der Waals surface area contributed by atoms with Gasteiger partial charge in [0.05, 0.1) is 0 Å². The minimum Gasteiger partial charge on any atom is -0.310 e. The number of benzene rings is 1. The molecule has 0 fully saturated rings. The van der Waals surface area contributed by atoms with Crippen LogP contribution in [-0.2, 0) is 0 Å². The molecule has 0 aliphatic heterocycles. The summed E-state index contributed by atoms with van der Waals surface area (Å²) in [5.74, 6) is -0.169. The van der Waals surface area contributed by atoms with Crippen LogP contribution in [0.2, 0.25) is 0 Å². The summed E-state index contributed by atoms with van der Waals surface area (Å²) in [5, 5.41) is 3.55. The fourth-order valence-corrected chi connectivity index (χ4v) is 2.06. The number of nitrogens with one attached hydrogen (secondary N) is 1. The average Bonchev–Trinajstić information content (AvgIpc) is 2.40. The predicted octanol–water partition coefficient (Wildman–Crippen LogP) is 3.60. The standard InChI is InChI=1S/C16H27FN2/c1-5-16(14-7-9-15(17)10-8-14)18-11-6-12-19(4)13(2)3/h7-10,13,16,18H,5-6,11-12H2,1-4H3. The molecule has 1 N–H and O–H groups in total. The summed E-state index contributed by atoms with van der Waals surface area (Å²) < 4.78 is 12.9. The first-order chi connectivity index (χ1) is 9.04. The van der Waals surface area contributed by atoms with Crippen molar-refractivity contribution in [3.63, 3.8) is 0 Å². The first-order valence-corrected chi connectivity index (χ1v) is 7.23. The third kappa shape index (κ3) is 5.70. The lowest BCUT2D eigenvalue weighted by molar-refractivity contribution is 0.267. The van der Waals surface area contributed by atoms with Crippen LogP contribution < -0.4 is 5.32 Å². The van der Waals surface area contributed by atoms with E-state index in [1.165, 1.54) is 17.7 Å². The molecule has 0 aliphatic rings. The van der Waals surface area contributed by atoms with E-state index in [9.17, 15) is 4.39 Å². The molecule has 0 saturated carbocycles. The van der Waals surface area contributed by atoms with Crippen LogP contribution in [0.3, 0.4) is 0 Å². The van der Waals surface area contributed by atoms with Gasteiger partial charge in [-0.2, -0.15) is 0 Å². The molecular weight excluding hydrogens is 239 g/mol. The van der Waals surface area contributed by atoms with Gasteiger partial charge in [0.2, 0.25) is 0 Å². The highest BCUT2D eigenvalue weighted by atomic mass is 19.1. The summed E-state index contributed by atoms with van der Waals surface area (Å²) in [4.78, 5) is 2.35. The molecule has 0 amide bonds. The maximum Gasteiger partial charge on any atom is 0.123 e. The van der Waals surface area contributed by atoms with Crippen molar-refractivity contribution in [2.75, 3.05) is 20.1 Å². The highest BCUT2D eigenvalue weighted by Gasteiger charge is 2.08. The predicted molar refractivity (Wildman–Crippen MR) is 79.8 cm³/mol. The van der Waals surface area contributed by atoms with Crippen LogP contribution >= 0.6 is 0 Å². The van der Waals surface area contributed by atoms with Gasteiger partial charge in [0.25, 0.3) is 0 Å². The van der Waals surface area contributed by atoms with Crippen LogP contribution in [0.15, 0.2) is 24.3 Å². The fraction of sp³-hybridized carbons (Fsp3) is 0.625. The Hall–Kier alpha value is -0.930. The maximum atomic E-state index is 12.9. The molecule has 3 heteroatoms. The Balaban J connectivity index is 2.35. The molecule has 0 bridgehead atoms. The third-order valence-corrected chi connectivity index (χ3v) is 3.64. The summed E-state index contributed by atoms with van der Waals surface area (Å²) in [7, 11) is 2.15. The van der Waals surface area contributed by atoms with Crippen LogP contribution in [0.25, 0.3) is 0 Å². The van der Waals surface area contributed by atoms with E-state index >= 15 is 0 Å². The van der Waals surface area contributed by atoms with Gasteiger partial charge in [-0.1, -0.05) is 19.1 Å². The molecule has 1 unspecified atom stereocenters. The molecule has 0 saturated heterocycles. The van der Waals surface area contributed by atoms with Crippen LogP contribution in [0, 0.1) is 5.82 Å². The lowest BCUT2D eigenvalue weighted by atomic mass is 10.0. The van der Waals surface area contributed by atoms with Crippen molar-refractivity contribution in [2.24, 2.45) is 0 Å². The second kappa shape index (κ2) is 8.28. The number of rotatable bonds is 8. The minimum atomic E-state index is -0.169. The Morgan fingerprint density at radius 1 is 1.21 bits per heavy atom. The van der Waals surface area contributed by atoms with Gasteiger partial charge in [0, 0.05) is 12.1 Å². The van der Waals surface area contributed by atoms with E-state index in [0.29, 0.717) is 12.1 Å². The Labute approximate surface area is 117 Å². The number of hydrogen-bond acceptors (Lipinski definition) is 2. The molecular formula is C16H27FN2. The zero-order valence-electron chi connectivity index (χ0n) is 12.6. The zero-order valence-corrected chi connectivity index (χ0v) is 12.6. The van der Waals surface area contributed by atoms with Crippen molar-refractivity contribution < 1.29 is 4.39 Å². The van der Waals surface area contributed by atoms with Crippen molar-refractivity contribution >= 4 is 0 Å². The molecule has 108 valence electrons. The molecule has 0 aliphatic carbocycles. The summed E-state index contributed by atoms with van der Waals surface area (Å²) >= 11 is 0. The normalized spacial score (nSPS) is 13.2. The topological polar surface area (TPSA) is 15.3 Å². The van der Waals surface area contributed by atoms with E-state index in [4.69, 9.17) is 0 Å². The SMILES string of the molecule is CCC(NCCCN(C)C(C)C)c1ccc(F)cc1. The smallest absolute Gasteiger partial charge is 0.123 e. The molecule has 0 aromatic heterocycles. The van der Waals surface area contributed by atoms with E-state index in [1.54, 1.807) is 0 Å². The van der Waals surface area contributed by atoms with Crippen molar-refractivity contribution in [1.29, 1.82) is 0 Å². The molecule has 1 rings (SSSR count). The van der Waals surface area contributed by atoms with E-state index < -0.39 is 0 Å². The lowest BCUT2D eigenvalue weighted by Crippen LogP contribution is -2.30. The Bertz CT molecular complexity index is 348. The molecule has 0 heterocycles. The highest BCUT2D eigenvalue weighted by Crippen LogP contribution is 2.16. The van der Waals surface area contributed by atoms with Gasteiger partial charge < -0.3 is 10.2 Å². The van der Waals surface area contributed by atoms with Crippen molar-refractivity contribution in [3.8, 4) is 0 Å². The van der Waals surface area contributed by atoms with Gasteiger partial charge in [-0.3, -0.25) is 0 Å². The first kappa shape index (κ1) is 16.1. The van der Waals surface area contributed by atoms with Crippen molar-refractivity contribution in [3.05, 3.63) is 35.6 Å². The Morgan fingerprint density at radius 3 is 2.37 bits per heavy atom. The molecule has 0 radical (unpaired) electrons. The van der Waals surface area contributed by atoms with Gasteiger partial charge in [0.1, 0.15) is 5.82 Å². The molecule has 2 nitrogen and oxygen atoms in total. The highest BCUT2D eigenvalue weighted by molar-refractivity contribution is 5.19. The monoisotopic (exact) mass is 266 g/mol. The first-order valence-electron chi connectivity index (χ1n) is 7.23. The number of nitrogens with zero attached hydrogens (tertiary/aromatic N) is 1. The van der Waals surface area contributed by atoms with Crippen LogP contribution in [-0.4, -0.2) is 31.1 Å². The summed E-state index contributed by atoms with van der Waals surface area (Å²) in [6.45, 7) is 8.67. The molecule has 1 aromatic carbocycles. The van der Waals surface area contributed by atoms with E-state index in [1.807, 2.05) is 12.1 Å². The second-order valence-corrected chi connectivity index (χ2v) is 5.39. The molecule has 1 aromatic rings. The van der Waals surface area contributed by atoms with E-state index in [2.05, 4.69) is 38.0 Å². The Morgan fingerprint density at radius 2 is 1.84 bits per heavy atom. The maximum absolute atomic E-state index is 12.9. The Kier molecular flexibility index (Phi) is 7.03. The number of halogens is 1. The molecule has 1 atom stereocenters. The quantitative estimate of drug-likeness (QED) is 0.723. The van der Waals surface area contributed by atoms with Gasteiger partial charge >= 0.3 is 0 Å². The summed E-state index contributed by atoms with van der Waals surface area (Å²) in [6, 6.07) is 7.73. The lowest BCUT2D eigenvalue weighted by Gasteiger charge is -2.22. The van der Waals surface area contributed by atoms with E-state index in [0.717, 1.165) is 25.9 Å². The molecule has 19 heavy (non-hydrogen) atoms. The zero-order chi connectivity index (χ0) is 14.3. The van der Waals surface area contributed by atoms with Crippen LogP contribution in [0.5, 0.6) is 0 Å². The van der Waals surface area contributed by atoms with Gasteiger partial charge in [0.15, 0.2) is 0 Å². The summed E-state index contributed by atoms with van der Waals surface area (Å²) in [5.41, 5.74) is 1.17. The number of hydrogen-bond donors (Lipinski definition) is 1. The van der Waals surface area contributed by atoms with E-state index in [-0.39, 0.29) is 5.82 Å². The second-order valence-electron chi connectivity index (χ2n) is 5.39. The van der Waals surface area contributed by atoms with Crippen LogP contribution in [0.1, 0.15) is 45.2 Å². The molecule has 0 spiro atoms. The average molecular weight is 266 g/mol. The van der Waals surface area contributed by atoms with Crippen molar-refractivity contribution in [1.82, 2.24) is 10.2 Å². The van der Waals surface area contributed by atoms with Gasteiger partial charge in [-0.05, 0) is 64.5 Å². The summed E-state index contributed by atoms with van der Waals surface area (Å²) in [6.07, 6.45) is 2.15. The van der Waals surface area contributed by atoms with Gasteiger partial charge in [-0.15, -0.1) is 0 Å². The minimum absolute atomic E-state index is 0.169.